The van der Waals surface area contributed by atoms with Crippen molar-refractivity contribution in [1.29, 1.82) is 0 Å². The molecule has 0 saturated heterocycles. The van der Waals surface area contributed by atoms with Crippen LogP contribution in [0.3, 0.4) is 0 Å². The van der Waals surface area contributed by atoms with Crippen LogP contribution < -0.4 is 5.32 Å². The molecule has 1 aliphatic rings. The third-order valence-corrected chi connectivity index (χ3v) is 4.83. The first kappa shape index (κ1) is 17.9. The van der Waals surface area contributed by atoms with E-state index in [1.165, 1.54) is 51.7 Å². The van der Waals surface area contributed by atoms with Gasteiger partial charge in [0.15, 0.2) is 0 Å². The molecule has 1 aliphatic carbocycles. The van der Waals surface area contributed by atoms with Gasteiger partial charge >= 0.3 is 0 Å². The maximum atomic E-state index is 3.72. The lowest BCUT2D eigenvalue weighted by molar-refractivity contribution is 0.150. The number of hydrogen-bond donors (Lipinski definition) is 1. The summed E-state index contributed by atoms with van der Waals surface area (Å²) in [6.45, 7) is 9.40. The van der Waals surface area contributed by atoms with Crippen LogP contribution in [0.4, 0.5) is 0 Å². The molecule has 0 spiro atoms. The van der Waals surface area contributed by atoms with Crippen molar-refractivity contribution < 1.29 is 0 Å². The maximum Gasteiger partial charge on any atom is 0.0108 e. The minimum Gasteiger partial charge on any atom is -0.314 e. The number of rotatable bonds is 9. The first-order chi connectivity index (χ1) is 9.56. The molecule has 20 heavy (non-hydrogen) atoms. The summed E-state index contributed by atoms with van der Waals surface area (Å²) in [5.41, 5.74) is 0. The fourth-order valence-electron chi connectivity index (χ4n) is 3.61. The van der Waals surface area contributed by atoms with Crippen LogP contribution >= 0.6 is 0 Å². The molecule has 3 unspecified atom stereocenters. The Balaban J connectivity index is 2.38. The van der Waals surface area contributed by atoms with E-state index < -0.39 is 0 Å². The van der Waals surface area contributed by atoms with Crippen LogP contribution in [-0.2, 0) is 0 Å². The van der Waals surface area contributed by atoms with Gasteiger partial charge in [0.05, 0.1) is 0 Å². The van der Waals surface area contributed by atoms with Gasteiger partial charge in [-0.25, -0.2) is 0 Å². The van der Waals surface area contributed by atoms with Crippen molar-refractivity contribution in [2.24, 2.45) is 11.8 Å². The second kappa shape index (κ2) is 9.75. The fraction of sp³-hybridized carbons (Fsp3) is 1.00. The van der Waals surface area contributed by atoms with Gasteiger partial charge in [-0.1, -0.05) is 20.3 Å². The van der Waals surface area contributed by atoms with Crippen LogP contribution in [0.15, 0.2) is 0 Å². The summed E-state index contributed by atoms with van der Waals surface area (Å²) in [4.78, 5) is 4.83. The molecule has 0 bridgehead atoms. The molecule has 0 aliphatic heterocycles. The Morgan fingerprint density at radius 1 is 1.05 bits per heavy atom. The number of nitrogens with zero attached hydrogens (tertiary/aromatic N) is 2. The van der Waals surface area contributed by atoms with Crippen molar-refractivity contribution in [2.75, 3.05) is 47.3 Å². The van der Waals surface area contributed by atoms with Gasteiger partial charge in [-0.05, 0) is 78.3 Å². The zero-order valence-corrected chi connectivity index (χ0v) is 14.5. The summed E-state index contributed by atoms with van der Waals surface area (Å²) < 4.78 is 0. The van der Waals surface area contributed by atoms with Crippen molar-refractivity contribution in [2.45, 2.75) is 52.0 Å². The minimum atomic E-state index is 0.749. The predicted octanol–water partition coefficient (Wildman–Crippen LogP) is 2.67. The predicted molar refractivity (Wildman–Crippen MR) is 89.3 cm³/mol. The molecule has 0 aromatic carbocycles. The Hall–Kier alpha value is -0.120. The Labute approximate surface area is 127 Å². The summed E-state index contributed by atoms with van der Waals surface area (Å²) in [5.74, 6) is 1.81. The van der Waals surface area contributed by atoms with Crippen LogP contribution in [0.5, 0.6) is 0 Å². The highest BCUT2D eigenvalue weighted by Gasteiger charge is 2.29. The maximum absolute atomic E-state index is 3.72. The van der Waals surface area contributed by atoms with Crippen LogP contribution in [0.1, 0.15) is 46.0 Å². The monoisotopic (exact) mass is 283 g/mol. The number of hydrogen-bond acceptors (Lipinski definition) is 3. The highest BCUT2D eigenvalue weighted by atomic mass is 15.1. The first-order valence-corrected chi connectivity index (χ1v) is 8.63. The molecule has 0 amide bonds. The van der Waals surface area contributed by atoms with E-state index in [9.17, 15) is 0 Å². The summed E-state index contributed by atoms with van der Waals surface area (Å²) in [7, 11) is 6.62. The molecule has 0 radical (unpaired) electrons. The zero-order chi connectivity index (χ0) is 15.0. The third kappa shape index (κ3) is 6.55. The van der Waals surface area contributed by atoms with Crippen molar-refractivity contribution in [3.63, 3.8) is 0 Å². The SMILES string of the molecule is CCNC1CCC(CC)CC1CN(C)CCCN(C)C. The molecular formula is C17H37N3. The molecule has 3 heteroatoms. The van der Waals surface area contributed by atoms with E-state index in [4.69, 9.17) is 0 Å². The van der Waals surface area contributed by atoms with E-state index in [2.05, 4.69) is 50.1 Å². The van der Waals surface area contributed by atoms with E-state index >= 15 is 0 Å². The largest absolute Gasteiger partial charge is 0.314 e. The Kier molecular flexibility index (Phi) is 8.74. The summed E-state index contributed by atoms with van der Waals surface area (Å²) >= 11 is 0. The van der Waals surface area contributed by atoms with E-state index in [0.717, 1.165) is 24.4 Å². The Morgan fingerprint density at radius 2 is 1.80 bits per heavy atom. The molecule has 1 N–H and O–H groups in total. The summed E-state index contributed by atoms with van der Waals surface area (Å²) in [6, 6.07) is 0.749. The van der Waals surface area contributed by atoms with Crippen LogP contribution in [-0.4, -0.2) is 63.2 Å². The molecular weight excluding hydrogens is 246 g/mol. The van der Waals surface area contributed by atoms with Gasteiger partial charge in [0.2, 0.25) is 0 Å². The molecule has 1 rings (SSSR count). The molecule has 1 saturated carbocycles. The highest BCUT2D eigenvalue weighted by molar-refractivity contribution is 4.85. The van der Waals surface area contributed by atoms with Gasteiger partial charge in [0.25, 0.3) is 0 Å². The van der Waals surface area contributed by atoms with Crippen molar-refractivity contribution in [3.8, 4) is 0 Å². The fourth-order valence-corrected chi connectivity index (χ4v) is 3.61. The quantitative estimate of drug-likeness (QED) is 0.702. The Bertz CT molecular complexity index is 242. The zero-order valence-electron chi connectivity index (χ0n) is 14.5. The summed E-state index contributed by atoms with van der Waals surface area (Å²) in [6.07, 6.45) is 6.86. The van der Waals surface area contributed by atoms with Crippen LogP contribution in [0.2, 0.25) is 0 Å². The van der Waals surface area contributed by atoms with E-state index in [1.54, 1.807) is 0 Å². The van der Waals surface area contributed by atoms with Crippen molar-refractivity contribution in [3.05, 3.63) is 0 Å². The lowest BCUT2D eigenvalue weighted by atomic mass is 9.76. The highest BCUT2D eigenvalue weighted by Crippen LogP contribution is 2.31. The van der Waals surface area contributed by atoms with E-state index in [-0.39, 0.29) is 0 Å². The Morgan fingerprint density at radius 3 is 2.40 bits per heavy atom. The minimum absolute atomic E-state index is 0.749. The standard InChI is InChI=1S/C17H37N3/c1-6-15-9-10-17(18-7-2)16(13-15)14-20(5)12-8-11-19(3)4/h15-18H,6-14H2,1-5H3. The smallest absolute Gasteiger partial charge is 0.0108 e. The second-order valence-corrected chi connectivity index (χ2v) is 6.93. The topological polar surface area (TPSA) is 18.5 Å². The molecule has 120 valence electrons. The molecule has 3 nitrogen and oxygen atoms in total. The second-order valence-electron chi connectivity index (χ2n) is 6.93. The molecule has 0 heterocycles. The van der Waals surface area contributed by atoms with Crippen LogP contribution in [0, 0.1) is 11.8 Å². The van der Waals surface area contributed by atoms with Gasteiger partial charge in [0, 0.05) is 12.6 Å². The van der Waals surface area contributed by atoms with Gasteiger partial charge in [-0.2, -0.15) is 0 Å². The average Bonchev–Trinajstić information content (AvgIpc) is 2.40. The van der Waals surface area contributed by atoms with Gasteiger partial charge in [-0.3, -0.25) is 0 Å². The molecule has 0 aromatic heterocycles. The van der Waals surface area contributed by atoms with E-state index in [0.29, 0.717) is 0 Å². The summed E-state index contributed by atoms with van der Waals surface area (Å²) in [5, 5.41) is 3.72. The van der Waals surface area contributed by atoms with Crippen molar-refractivity contribution >= 4 is 0 Å². The van der Waals surface area contributed by atoms with Crippen molar-refractivity contribution in [1.82, 2.24) is 15.1 Å². The van der Waals surface area contributed by atoms with Gasteiger partial charge < -0.3 is 15.1 Å². The number of nitrogens with one attached hydrogen (secondary N) is 1. The molecule has 3 atom stereocenters. The van der Waals surface area contributed by atoms with Gasteiger partial charge in [-0.15, -0.1) is 0 Å². The molecule has 0 aromatic rings. The van der Waals surface area contributed by atoms with Crippen LogP contribution in [0.25, 0.3) is 0 Å². The van der Waals surface area contributed by atoms with E-state index in [1.807, 2.05) is 0 Å². The first-order valence-electron chi connectivity index (χ1n) is 8.63. The van der Waals surface area contributed by atoms with Gasteiger partial charge in [0.1, 0.15) is 0 Å². The molecule has 1 fully saturated rings. The lowest BCUT2D eigenvalue weighted by Crippen LogP contribution is -2.45. The lowest BCUT2D eigenvalue weighted by Gasteiger charge is -2.38. The average molecular weight is 284 g/mol. The normalized spacial score (nSPS) is 27.4. The third-order valence-electron chi connectivity index (χ3n) is 4.83.